The van der Waals surface area contributed by atoms with Crippen molar-refractivity contribution >= 4 is 16.6 Å². The van der Waals surface area contributed by atoms with Gasteiger partial charge in [0, 0.05) is 43.4 Å². The van der Waals surface area contributed by atoms with Gasteiger partial charge < -0.3 is 9.72 Å². The molecule has 0 bridgehead atoms. The van der Waals surface area contributed by atoms with Gasteiger partial charge in [-0.3, -0.25) is 15.0 Å². The van der Waals surface area contributed by atoms with E-state index >= 15 is 0 Å². The molecule has 1 aliphatic heterocycles. The molecule has 1 aromatic heterocycles. The molecule has 112 valence electrons. The molecule has 3 rings (SSSR count). The lowest BCUT2D eigenvalue weighted by Gasteiger charge is -2.35. The van der Waals surface area contributed by atoms with Gasteiger partial charge in [0.15, 0.2) is 0 Å². The van der Waals surface area contributed by atoms with E-state index in [0.29, 0.717) is 0 Å². The minimum atomic E-state index is -0.370. The van der Waals surface area contributed by atoms with Crippen LogP contribution in [-0.2, 0) is 11.3 Å². The highest BCUT2D eigenvalue weighted by atomic mass is 16.6. The van der Waals surface area contributed by atoms with Crippen molar-refractivity contribution in [3.8, 4) is 0 Å². The van der Waals surface area contributed by atoms with E-state index < -0.39 is 0 Å². The Balaban J connectivity index is 1.83. The summed E-state index contributed by atoms with van der Waals surface area (Å²) in [5, 5.41) is 11.9. The second kappa shape index (κ2) is 5.46. The minimum Gasteiger partial charge on any atom is -0.373 e. The maximum Gasteiger partial charge on any atom is 0.271 e. The Bertz CT molecular complexity index is 657. The van der Waals surface area contributed by atoms with Gasteiger partial charge in [-0.15, -0.1) is 0 Å². The molecule has 2 heterocycles. The third-order valence-corrected chi connectivity index (χ3v) is 3.85. The van der Waals surface area contributed by atoms with Crippen LogP contribution in [0.4, 0.5) is 5.69 Å². The van der Waals surface area contributed by atoms with Crippen molar-refractivity contribution < 1.29 is 9.66 Å². The number of aromatic nitrogens is 1. The van der Waals surface area contributed by atoms with Crippen LogP contribution >= 0.6 is 0 Å². The van der Waals surface area contributed by atoms with Crippen LogP contribution in [0.25, 0.3) is 10.9 Å². The molecular formula is C15H19N3O3. The second-order valence-electron chi connectivity index (χ2n) is 5.75. The Morgan fingerprint density at radius 3 is 2.76 bits per heavy atom. The number of nitro benzene ring substituents is 1. The van der Waals surface area contributed by atoms with E-state index in [4.69, 9.17) is 4.74 Å². The van der Waals surface area contributed by atoms with Gasteiger partial charge in [0.25, 0.3) is 5.69 Å². The number of non-ortho nitro benzene ring substituents is 1. The van der Waals surface area contributed by atoms with Crippen molar-refractivity contribution in [1.82, 2.24) is 9.88 Å². The Kier molecular flexibility index (Phi) is 3.65. The van der Waals surface area contributed by atoms with Gasteiger partial charge in [0.05, 0.1) is 22.6 Å². The molecular weight excluding hydrogens is 270 g/mol. The Labute approximate surface area is 122 Å². The van der Waals surface area contributed by atoms with Crippen molar-refractivity contribution in [3.05, 3.63) is 40.1 Å². The third kappa shape index (κ3) is 2.91. The van der Waals surface area contributed by atoms with E-state index in [-0.39, 0.29) is 22.8 Å². The van der Waals surface area contributed by atoms with Gasteiger partial charge in [-0.25, -0.2) is 0 Å². The lowest BCUT2D eigenvalue weighted by Crippen LogP contribution is -2.44. The number of nitrogens with one attached hydrogen (secondary N) is 1. The summed E-state index contributed by atoms with van der Waals surface area (Å²) in [6.07, 6.45) is 2.42. The summed E-state index contributed by atoms with van der Waals surface area (Å²) in [4.78, 5) is 15.9. The first-order chi connectivity index (χ1) is 10.0. The number of benzene rings is 1. The molecule has 0 spiro atoms. The zero-order chi connectivity index (χ0) is 15.0. The molecule has 6 nitrogen and oxygen atoms in total. The monoisotopic (exact) mass is 289 g/mol. The summed E-state index contributed by atoms with van der Waals surface area (Å²) in [5.74, 6) is 0. The maximum absolute atomic E-state index is 10.8. The Morgan fingerprint density at radius 1 is 1.38 bits per heavy atom. The molecule has 1 aliphatic rings. The van der Waals surface area contributed by atoms with E-state index in [1.807, 2.05) is 12.3 Å². The number of rotatable bonds is 3. The number of ether oxygens (including phenoxy) is 1. The molecule has 0 radical (unpaired) electrons. The quantitative estimate of drug-likeness (QED) is 0.696. The molecule has 0 saturated carbocycles. The van der Waals surface area contributed by atoms with Gasteiger partial charge in [0.2, 0.25) is 0 Å². The summed E-state index contributed by atoms with van der Waals surface area (Å²) >= 11 is 0. The Hall–Kier alpha value is -1.92. The number of hydrogen-bond acceptors (Lipinski definition) is 4. The third-order valence-electron chi connectivity index (χ3n) is 3.85. The minimum absolute atomic E-state index is 0.115. The number of nitro groups is 1. The van der Waals surface area contributed by atoms with Crippen molar-refractivity contribution in [2.75, 3.05) is 13.1 Å². The van der Waals surface area contributed by atoms with Gasteiger partial charge in [-0.1, -0.05) is 0 Å². The number of morpholine rings is 1. The molecule has 6 heteroatoms. The molecule has 21 heavy (non-hydrogen) atoms. The van der Waals surface area contributed by atoms with Crippen LogP contribution in [0.5, 0.6) is 0 Å². The first-order valence-electron chi connectivity index (χ1n) is 7.15. The highest BCUT2D eigenvalue weighted by Gasteiger charge is 2.23. The predicted molar refractivity (Wildman–Crippen MR) is 80.2 cm³/mol. The molecule has 1 N–H and O–H groups in total. The number of H-pyrrole nitrogens is 1. The zero-order valence-electron chi connectivity index (χ0n) is 12.2. The molecule has 1 aromatic carbocycles. The molecule has 0 aliphatic carbocycles. The fourth-order valence-electron chi connectivity index (χ4n) is 3.07. The normalized spacial score (nSPS) is 23.5. The molecule has 0 amide bonds. The summed E-state index contributed by atoms with van der Waals surface area (Å²) in [6, 6.07) is 4.97. The van der Waals surface area contributed by atoms with Gasteiger partial charge in [-0.05, 0) is 25.5 Å². The summed E-state index contributed by atoms with van der Waals surface area (Å²) < 4.78 is 5.74. The molecule has 0 unspecified atom stereocenters. The van der Waals surface area contributed by atoms with Crippen LogP contribution in [0.15, 0.2) is 24.4 Å². The van der Waals surface area contributed by atoms with Crippen LogP contribution in [0.1, 0.15) is 19.4 Å². The van der Waals surface area contributed by atoms with Crippen molar-refractivity contribution in [1.29, 1.82) is 0 Å². The van der Waals surface area contributed by atoms with Crippen LogP contribution in [0.2, 0.25) is 0 Å². The van der Waals surface area contributed by atoms with Crippen molar-refractivity contribution in [3.63, 3.8) is 0 Å². The average Bonchev–Trinajstić information content (AvgIpc) is 2.80. The Morgan fingerprint density at radius 2 is 2.10 bits per heavy atom. The summed E-state index contributed by atoms with van der Waals surface area (Å²) in [7, 11) is 0. The first kappa shape index (κ1) is 14.0. The lowest BCUT2D eigenvalue weighted by molar-refractivity contribution is -0.384. The maximum atomic E-state index is 10.8. The van der Waals surface area contributed by atoms with Crippen LogP contribution in [0.3, 0.4) is 0 Å². The fourth-order valence-corrected chi connectivity index (χ4v) is 3.07. The first-order valence-corrected chi connectivity index (χ1v) is 7.15. The highest BCUT2D eigenvalue weighted by molar-refractivity contribution is 5.85. The van der Waals surface area contributed by atoms with Gasteiger partial charge in [0.1, 0.15) is 0 Å². The molecule has 1 saturated heterocycles. The fraction of sp³-hybridized carbons (Fsp3) is 0.467. The number of hydrogen-bond donors (Lipinski definition) is 1. The van der Waals surface area contributed by atoms with Crippen molar-refractivity contribution in [2.45, 2.75) is 32.6 Å². The zero-order valence-corrected chi connectivity index (χ0v) is 12.2. The van der Waals surface area contributed by atoms with E-state index in [9.17, 15) is 10.1 Å². The summed E-state index contributed by atoms with van der Waals surface area (Å²) in [6.45, 7) is 6.81. The van der Waals surface area contributed by atoms with E-state index in [2.05, 4.69) is 23.7 Å². The van der Waals surface area contributed by atoms with Crippen molar-refractivity contribution in [2.24, 2.45) is 0 Å². The highest BCUT2D eigenvalue weighted by Crippen LogP contribution is 2.25. The second-order valence-corrected chi connectivity index (χ2v) is 5.75. The lowest BCUT2D eigenvalue weighted by atomic mass is 10.1. The molecule has 2 aromatic rings. The van der Waals surface area contributed by atoms with E-state index in [0.717, 1.165) is 30.5 Å². The SMILES string of the molecule is C[C@H]1CN(Cc2c[nH]c3cc([N+](=O)[O-])ccc23)C[C@H](C)O1. The largest absolute Gasteiger partial charge is 0.373 e. The standard InChI is InChI=1S/C15H19N3O3/c1-10-7-17(8-11(2)21-10)9-12-6-16-15-5-13(18(19)20)3-4-14(12)15/h3-6,10-11,16H,7-9H2,1-2H3/t10-,11-/m0/s1. The topological polar surface area (TPSA) is 71.4 Å². The number of fused-ring (bicyclic) bond motifs is 1. The van der Waals surface area contributed by atoms with Crippen LogP contribution in [0, 0.1) is 10.1 Å². The van der Waals surface area contributed by atoms with E-state index in [1.54, 1.807) is 12.1 Å². The van der Waals surface area contributed by atoms with Gasteiger partial charge in [-0.2, -0.15) is 0 Å². The van der Waals surface area contributed by atoms with Crippen LogP contribution in [-0.4, -0.2) is 40.1 Å². The molecule has 2 atom stereocenters. The number of aromatic amines is 1. The predicted octanol–water partition coefficient (Wildman–Crippen LogP) is 2.69. The van der Waals surface area contributed by atoms with Gasteiger partial charge >= 0.3 is 0 Å². The average molecular weight is 289 g/mol. The summed E-state index contributed by atoms with van der Waals surface area (Å²) in [5.41, 5.74) is 2.10. The smallest absolute Gasteiger partial charge is 0.271 e. The van der Waals surface area contributed by atoms with E-state index in [1.165, 1.54) is 5.56 Å². The molecule has 1 fully saturated rings. The van der Waals surface area contributed by atoms with Crippen LogP contribution < -0.4 is 0 Å². The number of nitrogens with zero attached hydrogens (tertiary/aromatic N) is 2.